The van der Waals surface area contributed by atoms with Crippen molar-refractivity contribution in [3.8, 4) is 0 Å². The van der Waals surface area contributed by atoms with E-state index >= 15 is 0 Å². The van der Waals surface area contributed by atoms with E-state index in [0.717, 1.165) is 0 Å². The summed E-state index contributed by atoms with van der Waals surface area (Å²) in [5, 5.41) is 1.34. The summed E-state index contributed by atoms with van der Waals surface area (Å²) >= 11 is 5.45. The zero-order valence-corrected chi connectivity index (χ0v) is 5.69. The van der Waals surface area contributed by atoms with Crippen LogP contribution in [-0.4, -0.2) is 23.1 Å². The summed E-state index contributed by atoms with van der Waals surface area (Å²) in [6.07, 6.45) is 0. The van der Waals surface area contributed by atoms with Crippen molar-refractivity contribution in [2.75, 3.05) is 13.6 Å². The predicted molar refractivity (Wildman–Crippen MR) is 32.6 cm³/mol. The van der Waals surface area contributed by atoms with Crippen molar-refractivity contribution in [2.45, 2.75) is 0 Å². The first kappa shape index (κ1) is 6.64. The smallest absolute Gasteiger partial charge is 0.158 e. The van der Waals surface area contributed by atoms with Crippen LogP contribution in [0.15, 0.2) is 11.6 Å². The van der Waals surface area contributed by atoms with Gasteiger partial charge in [-0.15, -0.1) is 4.53 Å². The third kappa shape index (κ3) is 0.951. The fourth-order valence-corrected chi connectivity index (χ4v) is 0.780. The van der Waals surface area contributed by atoms with E-state index in [9.17, 15) is 4.39 Å². The van der Waals surface area contributed by atoms with Crippen molar-refractivity contribution in [3.05, 3.63) is 11.6 Å². The second kappa shape index (κ2) is 2.04. The van der Waals surface area contributed by atoms with Gasteiger partial charge in [0.05, 0.1) is 6.54 Å². The monoisotopic (exact) mass is 151 g/mol. The summed E-state index contributed by atoms with van der Waals surface area (Å²) in [4.78, 5) is 0. The number of hydrogen-bond donors (Lipinski definition) is 1. The van der Waals surface area contributed by atoms with Gasteiger partial charge >= 0.3 is 0 Å². The molecule has 0 aromatic heterocycles. The molecule has 9 heavy (non-hydrogen) atoms. The van der Waals surface area contributed by atoms with Crippen LogP contribution in [0.5, 0.6) is 0 Å². The fourth-order valence-electron chi connectivity index (χ4n) is 0.594. The normalized spacial score (nSPS) is 21.9. The summed E-state index contributed by atoms with van der Waals surface area (Å²) in [6.45, 7) is 0.0594. The molecule has 0 atom stereocenters. The quantitative estimate of drug-likeness (QED) is 0.509. The van der Waals surface area contributed by atoms with Crippen LogP contribution >= 0.6 is 11.8 Å². The number of nitrogens with zero attached hydrogens (tertiary/aromatic N) is 2. The van der Waals surface area contributed by atoms with Crippen LogP contribution in [-0.2, 0) is 0 Å². The maximum atomic E-state index is 12.4. The Kier molecular flexibility index (Phi) is 1.50. The molecule has 1 aliphatic rings. The van der Waals surface area contributed by atoms with Crippen molar-refractivity contribution in [1.29, 1.82) is 0 Å². The molecule has 1 aliphatic heterocycles. The lowest BCUT2D eigenvalue weighted by molar-refractivity contribution is 0.180. The Morgan fingerprint density at radius 3 is 2.44 bits per heavy atom. The molecule has 0 saturated carbocycles. The maximum Gasteiger partial charge on any atom is 0.158 e. The molecule has 3 nitrogen and oxygen atoms in total. The predicted octanol–water partition coefficient (Wildman–Crippen LogP) is 0.400. The first-order valence-electron chi connectivity index (χ1n) is 2.44. The van der Waals surface area contributed by atoms with Gasteiger partial charge in [0.25, 0.3) is 0 Å². The second-order valence-corrected chi connectivity index (χ2v) is 2.20. The van der Waals surface area contributed by atoms with Crippen molar-refractivity contribution in [1.82, 2.24) is 9.54 Å². The van der Waals surface area contributed by atoms with E-state index < -0.39 is 0 Å². The summed E-state index contributed by atoms with van der Waals surface area (Å²) in [7, 11) is 1.59. The Hall–Kier alpha value is -0.480. The Balaban J connectivity index is 2.74. The molecule has 0 saturated heterocycles. The molecular weight excluding hydrogens is 145 g/mol. The van der Waals surface area contributed by atoms with Gasteiger partial charge in [-0.2, -0.15) is 0 Å². The highest BCUT2D eigenvalue weighted by molar-refractivity contribution is 6.13. The molecule has 0 spiro atoms. The van der Waals surface area contributed by atoms with Gasteiger partial charge in [0.15, 0.2) is 5.83 Å². The van der Waals surface area contributed by atoms with Gasteiger partial charge in [-0.05, 0) is 0 Å². The lowest BCUT2D eigenvalue weighted by atomic mass is 10.5. The van der Waals surface area contributed by atoms with Crippen LogP contribution in [0.25, 0.3) is 0 Å². The standard InChI is InChI=1S/C4H7ClFN3/c1-8-4(7)3(6)2-9(8)5/h2,7H2,1H3. The van der Waals surface area contributed by atoms with E-state index in [1.165, 1.54) is 9.54 Å². The molecule has 0 aliphatic carbocycles. The average molecular weight is 152 g/mol. The lowest BCUT2D eigenvalue weighted by Gasteiger charge is -2.17. The summed E-state index contributed by atoms with van der Waals surface area (Å²) in [5.74, 6) is -0.294. The number of halogens is 2. The summed E-state index contributed by atoms with van der Waals surface area (Å²) in [6, 6.07) is 0. The van der Waals surface area contributed by atoms with Crippen LogP contribution in [0.1, 0.15) is 0 Å². The van der Waals surface area contributed by atoms with E-state index in [1.54, 1.807) is 7.05 Å². The molecule has 1 heterocycles. The van der Waals surface area contributed by atoms with E-state index in [0.29, 0.717) is 0 Å². The Labute approximate surface area is 57.5 Å². The van der Waals surface area contributed by atoms with E-state index in [2.05, 4.69) is 0 Å². The third-order valence-corrected chi connectivity index (χ3v) is 1.57. The molecule has 0 aromatic carbocycles. The van der Waals surface area contributed by atoms with Gasteiger partial charge in [0, 0.05) is 18.8 Å². The van der Waals surface area contributed by atoms with Gasteiger partial charge in [0.2, 0.25) is 0 Å². The number of nitrogens with two attached hydrogens (primary N) is 1. The Morgan fingerprint density at radius 1 is 1.78 bits per heavy atom. The summed E-state index contributed by atoms with van der Waals surface area (Å²) in [5.41, 5.74) is 5.22. The Bertz CT molecular complexity index is 158. The van der Waals surface area contributed by atoms with E-state index in [1.807, 2.05) is 0 Å². The zero-order chi connectivity index (χ0) is 7.02. The molecule has 0 fully saturated rings. The summed E-state index contributed by atoms with van der Waals surface area (Å²) < 4.78 is 13.6. The van der Waals surface area contributed by atoms with E-state index in [4.69, 9.17) is 17.5 Å². The number of hydrazine groups is 1. The van der Waals surface area contributed by atoms with Gasteiger partial charge in [-0.25, -0.2) is 4.39 Å². The number of rotatable bonds is 0. The first-order valence-corrected chi connectivity index (χ1v) is 2.78. The SMILES string of the molecule is CN1C(N)=C(F)CN1Cl. The topological polar surface area (TPSA) is 32.5 Å². The van der Waals surface area contributed by atoms with Crippen molar-refractivity contribution >= 4 is 11.8 Å². The van der Waals surface area contributed by atoms with Crippen molar-refractivity contribution in [3.63, 3.8) is 0 Å². The van der Waals surface area contributed by atoms with Crippen LogP contribution in [0.4, 0.5) is 4.39 Å². The third-order valence-electron chi connectivity index (χ3n) is 1.22. The molecule has 0 bridgehead atoms. The molecular formula is C4H7ClFN3. The lowest BCUT2D eigenvalue weighted by Crippen LogP contribution is -2.28. The highest BCUT2D eigenvalue weighted by atomic mass is 35.5. The zero-order valence-electron chi connectivity index (χ0n) is 4.93. The highest BCUT2D eigenvalue weighted by Crippen LogP contribution is 2.19. The molecule has 2 N–H and O–H groups in total. The molecule has 1 rings (SSSR count). The van der Waals surface area contributed by atoms with Gasteiger partial charge < -0.3 is 5.73 Å². The number of hydrogen-bond acceptors (Lipinski definition) is 3. The molecule has 0 radical (unpaired) electrons. The van der Waals surface area contributed by atoms with Crippen LogP contribution in [0.2, 0.25) is 0 Å². The minimum absolute atomic E-state index is 0.0594. The van der Waals surface area contributed by atoms with Crippen LogP contribution in [0.3, 0.4) is 0 Å². The van der Waals surface area contributed by atoms with Gasteiger partial charge in [-0.3, -0.25) is 5.01 Å². The van der Waals surface area contributed by atoms with Gasteiger partial charge in [-0.1, -0.05) is 0 Å². The fraction of sp³-hybridized carbons (Fsp3) is 0.500. The highest BCUT2D eigenvalue weighted by Gasteiger charge is 2.23. The largest absolute Gasteiger partial charge is 0.382 e. The molecule has 0 amide bonds. The van der Waals surface area contributed by atoms with Crippen molar-refractivity contribution in [2.24, 2.45) is 5.73 Å². The minimum atomic E-state index is -0.382. The maximum absolute atomic E-state index is 12.4. The second-order valence-electron chi connectivity index (χ2n) is 1.81. The van der Waals surface area contributed by atoms with Crippen molar-refractivity contribution < 1.29 is 4.39 Å². The molecule has 0 aromatic rings. The molecule has 0 unspecified atom stereocenters. The van der Waals surface area contributed by atoms with Crippen LogP contribution < -0.4 is 5.73 Å². The molecule has 52 valence electrons. The van der Waals surface area contributed by atoms with Crippen LogP contribution in [0, 0.1) is 0 Å². The average Bonchev–Trinajstić information content (AvgIpc) is 1.98. The van der Waals surface area contributed by atoms with Gasteiger partial charge in [0.1, 0.15) is 5.82 Å². The minimum Gasteiger partial charge on any atom is -0.382 e. The first-order chi connectivity index (χ1) is 4.13. The molecule has 5 heteroatoms. The van der Waals surface area contributed by atoms with E-state index in [-0.39, 0.29) is 18.2 Å². The Morgan fingerprint density at radius 2 is 2.33 bits per heavy atom.